The zero-order valence-corrected chi connectivity index (χ0v) is 16.6. The molecule has 2 heterocycles. The minimum absolute atomic E-state index is 0.0924. The Morgan fingerprint density at radius 1 is 1.14 bits per heavy atom. The van der Waals surface area contributed by atoms with Crippen LogP contribution in [0.5, 0.6) is 0 Å². The van der Waals surface area contributed by atoms with Crippen LogP contribution in [0.3, 0.4) is 0 Å². The molecule has 1 saturated carbocycles. The highest BCUT2D eigenvalue weighted by atomic mass is 16.2. The molecule has 1 N–H and O–H groups in total. The molecule has 29 heavy (non-hydrogen) atoms. The number of nitrogens with zero attached hydrogens (tertiary/aromatic N) is 4. The van der Waals surface area contributed by atoms with Gasteiger partial charge in [0.2, 0.25) is 5.91 Å². The summed E-state index contributed by atoms with van der Waals surface area (Å²) in [5, 5.41) is 12.6. The number of carbonyl (C=O) groups is 1. The molecule has 1 aromatic carbocycles. The van der Waals surface area contributed by atoms with E-state index in [0.29, 0.717) is 18.0 Å². The number of pyridine rings is 1. The summed E-state index contributed by atoms with van der Waals surface area (Å²) in [7, 11) is 0. The van der Waals surface area contributed by atoms with Crippen molar-refractivity contribution < 1.29 is 4.79 Å². The number of aromatic nitrogens is 1. The van der Waals surface area contributed by atoms with E-state index in [4.69, 9.17) is 0 Å². The molecule has 2 aromatic rings. The molecule has 0 radical (unpaired) electrons. The number of amides is 1. The van der Waals surface area contributed by atoms with Crippen molar-refractivity contribution in [1.82, 2.24) is 15.2 Å². The second-order valence-electron chi connectivity index (χ2n) is 7.90. The van der Waals surface area contributed by atoms with Gasteiger partial charge in [0, 0.05) is 32.4 Å². The Kier molecular flexibility index (Phi) is 6.06. The number of hydrogen-bond donors (Lipinski definition) is 1. The average Bonchev–Trinajstić information content (AvgIpc) is 3.61. The Bertz CT molecular complexity index is 874. The van der Waals surface area contributed by atoms with Gasteiger partial charge in [0.25, 0.3) is 0 Å². The topological polar surface area (TPSA) is 72.3 Å². The van der Waals surface area contributed by atoms with E-state index in [9.17, 15) is 10.1 Å². The maximum atomic E-state index is 12.8. The second kappa shape index (κ2) is 9.06. The van der Waals surface area contributed by atoms with Crippen molar-refractivity contribution in [3.05, 3.63) is 59.8 Å². The lowest BCUT2D eigenvalue weighted by Crippen LogP contribution is -2.41. The van der Waals surface area contributed by atoms with Crippen LogP contribution in [0.15, 0.2) is 48.7 Å². The lowest BCUT2D eigenvalue weighted by molar-refractivity contribution is -0.123. The van der Waals surface area contributed by atoms with Crippen LogP contribution in [-0.2, 0) is 4.79 Å². The predicted molar refractivity (Wildman–Crippen MR) is 112 cm³/mol. The van der Waals surface area contributed by atoms with E-state index in [2.05, 4.69) is 38.3 Å². The number of anilines is 1. The molecule has 1 atom stereocenters. The first-order valence-electron chi connectivity index (χ1n) is 10.4. The summed E-state index contributed by atoms with van der Waals surface area (Å²) in [6, 6.07) is 16.2. The molecule has 1 aliphatic carbocycles. The summed E-state index contributed by atoms with van der Waals surface area (Å²) < 4.78 is 0. The van der Waals surface area contributed by atoms with Gasteiger partial charge in [-0.2, -0.15) is 5.26 Å². The SMILES string of the molecule is N#Cc1cccnc1N1CCCN(CC(=O)NC(c2ccccc2)C2CC2)CC1. The van der Waals surface area contributed by atoms with Gasteiger partial charge < -0.3 is 10.2 Å². The van der Waals surface area contributed by atoms with Crippen molar-refractivity contribution in [3.63, 3.8) is 0 Å². The zero-order chi connectivity index (χ0) is 20.1. The third-order valence-electron chi connectivity index (χ3n) is 5.73. The van der Waals surface area contributed by atoms with Crippen molar-refractivity contribution in [2.45, 2.75) is 25.3 Å². The molecule has 150 valence electrons. The van der Waals surface area contributed by atoms with E-state index in [1.165, 1.54) is 18.4 Å². The Balaban J connectivity index is 1.34. The number of nitrogens with one attached hydrogen (secondary N) is 1. The third-order valence-corrected chi connectivity index (χ3v) is 5.73. The Hall–Kier alpha value is -2.91. The van der Waals surface area contributed by atoms with Crippen LogP contribution in [-0.4, -0.2) is 48.5 Å². The highest BCUT2D eigenvalue weighted by Gasteiger charge is 2.33. The van der Waals surface area contributed by atoms with Crippen LogP contribution in [0.4, 0.5) is 5.82 Å². The molecule has 1 aromatic heterocycles. The third kappa shape index (κ3) is 4.93. The van der Waals surface area contributed by atoms with Gasteiger partial charge in [-0.25, -0.2) is 4.98 Å². The van der Waals surface area contributed by atoms with Crippen LogP contribution in [0, 0.1) is 17.2 Å². The number of rotatable bonds is 6. The number of carbonyl (C=O) groups excluding carboxylic acids is 1. The second-order valence-corrected chi connectivity index (χ2v) is 7.90. The molecule has 2 fully saturated rings. The van der Waals surface area contributed by atoms with E-state index in [1.54, 1.807) is 18.3 Å². The molecule has 4 rings (SSSR count). The van der Waals surface area contributed by atoms with Crippen molar-refractivity contribution in [3.8, 4) is 6.07 Å². The van der Waals surface area contributed by atoms with Gasteiger partial charge in [-0.05, 0) is 42.9 Å². The maximum absolute atomic E-state index is 12.8. The number of hydrogen-bond acceptors (Lipinski definition) is 5. The molecule has 1 unspecified atom stereocenters. The first kappa shape index (κ1) is 19.4. The van der Waals surface area contributed by atoms with Gasteiger partial charge in [-0.15, -0.1) is 0 Å². The smallest absolute Gasteiger partial charge is 0.234 e. The summed E-state index contributed by atoms with van der Waals surface area (Å²) in [6.07, 6.45) is 5.04. The molecule has 0 bridgehead atoms. The lowest BCUT2D eigenvalue weighted by atomic mass is 10.0. The Morgan fingerprint density at radius 3 is 2.72 bits per heavy atom. The number of nitriles is 1. The summed E-state index contributed by atoms with van der Waals surface area (Å²) >= 11 is 0. The molecule has 1 aliphatic heterocycles. The molecule has 0 spiro atoms. The normalized spacial score (nSPS) is 18.5. The number of benzene rings is 1. The van der Waals surface area contributed by atoms with E-state index in [1.807, 2.05) is 18.2 Å². The summed E-state index contributed by atoms with van der Waals surface area (Å²) in [6.45, 7) is 3.69. The minimum atomic E-state index is 0.0924. The summed E-state index contributed by atoms with van der Waals surface area (Å²) in [5.41, 5.74) is 1.80. The first-order valence-corrected chi connectivity index (χ1v) is 10.4. The highest BCUT2D eigenvalue weighted by Crippen LogP contribution is 2.40. The van der Waals surface area contributed by atoms with Crippen LogP contribution < -0.4 is 10.2 Å². The van der Waals surface area contributed by atoms with Crippen molar-refractivity contribution in [2.75, 3.05) is 37.6 Å². The molecule has 1 amide bonds. The van der Waals surface area contributed by atoms with Crippen LogP contribution in [0.1, 0.15) is 36.4 Å². The summed E-state index contributed by atoms with van der Waals surface area (Å²) in [5.74, 6) is 1.41. The van der Waals surface area contributed by atoms with Gasteiger partial charge in [0.1, 0.15) is 11.9 Å². The van der Waals surface area contributed by atoms with Crippen LogP contribution in [0.25, 0.3) is 0 Å². The fraction of sp³-hybridized carbons (Fsp3) is 0.435. The average molecular weight is 390 g/mol. The van der Waals surface area contributed by atoms with Gasteiger partial charge in [-0.1, -0.05) is 30.3 Å². The summed E-state index contributed by atoms with van der Waals surface area (Å²) in [4.78, 5) is 21.5. The molecular weight excluding hydrogens is 362 g/mol. The molecule has 1 saturated heterocycles. The van der Waals surface area contributed by atoms with Gasteiger partial charge >= 0.3 is 0 Å². The quantitative estimate of drug-likeness (QED) is 0.822. The lowest BCUT2D eigenvalue weighted by Gasteiger charge is -2.24. The first-order chi connectivity index (χ1) is 14.2. The molecule has 6 nitrogen and oxygen atoms in total. The van der Waals surface area contributed by atoms with Crippen molar-refractivity contribution >= 4 is 11.7 Å². The van der Waals surface area contributed by atoms with E-state index >= 15 is 0 Å². The van der Waals surface area contributed by atoms with Gasteiger partial charge in [0.05, 0.1) is 18.2 Å². The van der Waals surface area contributed by atoms with Crippen molar-refractivity contribution in [1.29, 1.82) is 5.26 Å². The standard InChI is InChI=1S/C23H27N5O/c24-16-20-8-4-11-25-23(20)28-13-5-12-27(14-15-28)17-21(29)26-22(19-9-10-19)18-6-2-1-3-7-18/h1-4,6-8,11,19,22H,5,9-10,12-15,17H2,(H,26,29). The van der Waals surface area contributed by atoms with Crippen molar-refractivity contribution in [2.24, 2.45) is 5.92 Å². The molecule has 2 aliphatic rings. The minimum Gasteiger partial charge on any atom is -0.354 e. The van der Waals surface area contributed by atoms with E-state index < -0.39 is 0 Å². The molecule has 6 heteroatoms. The van der Waals surface area contributed by atoms with E-state index in [-0.39, 0.29) is 11.9 Å². The molecular formula is C23H27N5O. The van der Waals surface area contributed by atoms with Gasteiger partial charge in [-0.3, -0.25) is 9.69 Å². The Labute approximate surface area is 172 Å². The zero-order valence-electron chi connectivity index (χ0n) is 16.6. The largest absolute Gasteiger partial charge is 0.354 e. The monoisotopic (exact) mass is 389 g/mol. The maximum Gasteiger partial charge on any atom is 0.234 e. The fourth-order valence-electron chi connectivity index (χ4n) is 4.06. The van der Waals surface area contributed by atoms with Gasteiger partial charge in [0.15, 0.2) is 0 Å². The highest BCUT2D eigenvalue weighted by molar-refractivity contribution is 5.78. The van der Waals surface area contributed by atoms with Crippen LogP contribution in [0.2, 0.25) is 0 Å². The predicted octanol–water partition coefficient (Wildman–Crippen LogP) is 2.73. The van der Waals surface area contributed by atoms with E-state index in [0.717, 1.165) is 38.4 Å². The Morgan fingerprint density at radius 2 is 1.97 bits per heavy atom. The van der Waals surface area contributed by atoms with Crippen LogP contribution >= 0.6 is 0 Å². The fourth-order valence-corrected chi connectivity index (χ4v) is 4.06.